The molecule has 0 saturated carbocycles. The van der Waals surface area contributed by atoms with E-state index in [1.165, 1.54) is 6.08 Å². The highest BCUT2D eigenvalue weighted by Crippen LogP contribution is 2.31. The van der Waals surface area contributed by atoms with Gasteiger partial charge in [-0.15, -0.1) is 0 Å². The molecule has 0 bridgehead atoms. The fraction of sp³-hybridized carbons (Fsp3) is 0.158. The van der Waals surface area contributed by atoms with E-state index in [2.05, 4.69) is 5.32 Å². The Hall–Kier alpha value is -3.26. The number of carbonyl (C=O) groups excluding carboxylic acids is 1. The normalized spacial score (nSPS) is 13.1. The second-order valence-electron chi connectivity index (χ2n) is 5.34. The number of ether oxygens (including phenoxy) is 2. The van der Waals surface area contributed by atoms with Gasteiger partial charge in [-0.2, -0.15) is 5.26 Å². The van der Waals surface area contributed by atoms with Gasteiger partial charge >= 0.3 is 0 Å². The van der Waals surface area contributed by atoms with Crippen LogP contribution in [0, 0.1) is 18.3 Å². The summed E-state index contributed by atoms with van der Waals surface area (Å²) < 4.78 is 11.0. The summed E-state index contributed by atoms with van der Waals surface area (Å²) >= 11 is 0. The van der Waals surface area contributed by atoms with Crippen molar-refractivity contribution in [2.75, 3.05) is 18.5 Å². The first-order chi connectivity index (χ1) is 11.7. The number of fused-ring (bicyclic) bond motifs is 1. The Morgan fingerprint density at radius 1 is 1.17 bits per heavy atom. The molecule has 120 valence electrons. The highest BCUT2D eigenvalue weighted by Gasteiger charge is 2.14. The van der Waals surface area contributed by atoms with Gasteiger partial charge in [0.25, 0.3) is 5.91 Å². The molecule has 1 N–H and O–H groups in total. The van der Waals surface area contributed by atoms with Gasteiger partial charge in [-0.05, 0) is 42.3 Å². The number of hydrogen-bond acceptors (Lipinski definition) is 4. The van der Waals surface area contributed by atoms with E-state index in [4.69, 9.17) is 9.47 Å². The predicted molar refractivity (Wildman–Crippen MR) is 90.8 cm³/mol. The molecule has 1 amide bonds. The maximum atomic E-state index is 12.3. The van der Waals surface area contributed by atoms with Crippen LogP contribution in [0.5, 0.6) is 11.5 Å². The number of rotatable bonds is 3. The first-order valence-electron chi connectivity index (χ1n) is 7.56. The molecule has 24 heavy (non-hydrogen) atoms. The van der Waals surface area contributed by atoms with Crippen LogP contribution in [0.15, 0.2) is 48.0 Å². The first kappa shape index (κ1) is 15.6. The molecule has 5 heteroatoms. The molecule has 0 fully saturated rings. The average Bonchev–Trinajstić information content (AvgIpc) is 2.61. The minimum absolute atomic E-state index is 0.0231. The zero-order valence-corrected chi connectivity index (χ0v) is 13.2. The van der Waals surface area contributed by atoms with Crippen molar-refractivity contribution in [3.8, 4) is 17.6 Å². The van der Waals surface area contributed by atoms with E-state index in [0.29, 0.717) is 36.0 Å². The lowest BCUT2D eigenvalue weighted by molar-refractivity contribution is -0.112. The second kappa shape index (κ2) is 6.88. The quantitative estimate of drug-likeness (QED) is 0.695. The van der Waals surface area contributed by atoms with Gasteiger partial charge in [-0.1, -0.05) is 24.3 Å². The number of nitrogens with one attached hydrogen (secondary N) is 1. The maximum absolute atomic E-state index is 12.3. The Labute approximate surface area is 140 Å². The molecule has 2 aromatic rings. The Kier molecular flexibility index (Phi) is 4.48. The van der Waals surface area contributed by atoms with Gasteiger partial charge in [0.15, 0.2) is 11.5 Å². The molecule has 0 radical (unpaired) electrons. The number of carbonyl (C=O) groups is 1. The molecule has 1 aliphatic heterocycles. The highest BCUT2D eigenvalue weighted by molar-refractivity contribution is 6.10. The fourth-order valence-electron chi connectivity index (χ4n) is 2.37. The van der Waals surface area contributed by atoms with Gasteiger partial charge in [0, 0.05) is 5.69 Å². The Morgan fingerprint density at radius 3 is 2.67 bits per heavy atom. The van der Waals surface area contributed by atoms with E-state index >= 15 is 0 Å². The largest absolute Gasteiger partial charge is 0.486 e. The van der Waals surface area contributed by atoms with Crippen molar-refractivity contribution in [2.24, 2.45) is 0 Å². The van der Waals surface area contributed by atoms with Gasteiger partial charge in [0.2, 0.25) is 0 Å². The summed E-state index contributed by atoms with van der Waals surface area (Å²) in [6, 6.07) is 14.7. The van der Waals surface area contributed by atoms with Crippen molar-refractivity contribution in [3.63, 3.8) is 0 Å². The van der Waals surface area contributed by atoms with Gasteiger partial charge in [-0.25, -0.2) is 0 Å². The number of benzene rings is 2. The van der Waals surface area contributed by atoms with Gasteiger partial charge in [-0.3, -0.25) is 4.79 Å². The van der Waals surface area contributed by atoms with Crippen molar-refractivity contribution in [2.45, 2.75) is 6.92 Å². The van der Waals surface area contributed by atoms with Crippen LogP contribution in [0.2, 0.25) is 0 Å². The van der Waals surface area contributed by atoms with Crippen molar-refractivity contribution in [1.29, 1.82) is 5.26 Å². The SMILES string of the molecule is Cc1ccccc1NC(=O)/C(C#N)=C\c1ccc2c(c1)OCCO2. The zero-order valence-electron chi connectivity index (χ0n) is 13.2. The van der Waals surface area contributed by atoms with Crippen LogP contribution in [-0.2, 0) is 4.79 Å². The van der Waals surface area contributed by atoms with Gasteiger partial charge in [0.1, 0.15) is 24.9 Å². The molecular formula is C19H16N2O3. The number of nitrogens with zero attached hydrogens (tertiary/aromatic N) is 1. The van der Waals surface area contributed by atoms with Crippen LogP contribution in [0.25, 0.3) is 6.08 Å². The molecule has 0 unspecified atom stereocenters. The third-order valence-electron chi connectivity index (χ3n) is 3.64. The third kappa shape index (κ3) is 3.39. The second-order valence-corrected chi connectivity index (χ2v) is 5.34. The summed E-state index contributed by atoms with van der Waals surface area (Å²) in [5, 5.41) is 12.1. The highest BCUT2D eigenvalue weighted by atomic mass is 16.6. The van der Waals surface area contributed by atoms with Crippen LogP contribution in [0.3, 0.4) is 0 Å². The number of hydrogen-bond donors (Lipinski definition) is 1. The Morgan fingerprint density at radius 2 is 1.92 bits per heavy atom. The molecule has 0 spiro atoms. The smallest absolute Gasteiger partial charge is 0.266 e. The summed E-state index contributed by atoms with van der Waals surface area (Å²) in [6.45, 7) is 2.90. The van der Waals surface area contributed by atoms with E-state index in [-0.39, 0.29) is 5.57 Å². The Bertz CT molecular complexity index is 850. The maximum Gasteiger partial charge on any atom is 0.266 e. The van der Waals surface area contributed by atoms with Crippen LogP contribution in [0.1, 0.15) is 11.1 Å². The predicted octanol–water partition coefficient (Wildman–Crippen LogP) is 3.31. The van der Waals surface area contributed by atoms with Crippen LogP contribution < -0.4 is 14.8 Å². The van der Waals surface area contributed by atoms with Crippen molar-refractivity contribution in [1.82, 2.24) is 0 Å². The van der Waals surface area contributed by atoms with Gasteiger partial charge in [0.05, 0.1) is 0 Å². The standard InChI is InChI=1S/C19H16N2O3/c1-13-4-2-3-5-16(13)21-19(22)15(12-20)10-14-6-7-17-18(11-14)24-9-8-23-17/h2-7,10-11H,8-9H2,1H3,(H,21,22)/b15-10-. The van der Waals surface area contributed by atoms with E-state index in [9.17, 15) is 10.1 Å². The lowest BCUT2D eigenvalue weighted by atomic mass is 10.1. The summed E-state index contributed by atoms with van der Waals surface area (Å²) in [5.74, 6) is 0.842. The third-order valence-corrected chi connectivity index (χ3v) is 3.64. The van der Waals surface area contributed by atoms with E-state index in [1.54, 1.807) is 24.3 Å². The molecule has 0 aromatic heterocycles. The van der Waals surface area contributed by atoms with Crippen LogP contribution in [0.4, 0.5) is 5.69 Å². The lowest BCUT2D eigenvalue weighted by Crippen LogP contribution is -2.15. The van der Waals surface area contributed by atoms with Crippen molar-refractivity contribution in [3.05, 3.63) is 59.2 Å². The molecule has 5 nitrogen and oxygen atoms in total. The van der Waals surface area contributed by atoms with E-state index in [0.717, 1.165) is 5.56 Å². The summed E-state index contributed by atoms with van der Waals surface area (Å²) in [6.07, 6.45) is 1.53. The number of para-hydroxylation sites is 1. The van der Waals surface area contributed by atoms with Crippen molar-refractivity contribution >= 4 is 17.7 Å². The molecule has 1 aliphatic rings. The number of nitriles is 1. The molecule has 0 saturated heterocycles. The van der Waals surface area contributed by atoms with Crippen LogP contribution in [-0.4, -0.2) is 19.1 Å². The number of aryl methyl sites for hydroxylation is 1. The molecule has 1 heterocycles. The van der Waals surface area contributed by atoms with E-state index < -0.39 is 5.91 Å². The molecule has 3 rings (SSSR count). The van der Waals surface area contributed by atoms with E-state index in [1.807, 2.05) is 31.2 Å². The fourth-order valence-corrected chi connectivity index (χ4v) is 2.37. The first-order valence-corrected chi connectivity index (χ1v) is 7.56. The zero-order chi connectivity index (χ0) is 16.9. The molecule has 0 aliphatic carbocycles. The van der Waals surface area contributed by atoms with Gasteiger partial charge < -0.3 is 14.8 Å². The minimum atomic E-state index is -0.443. The molecule has 2 aromatic carbocycles. The molecular weight excluding hydrogens is 304 g/mol. The number of anilines is 1. The topological polar surface area (TPSA) is 71.4 Å². The van der Waals surface area contributed by atoms with Crippen molar-refractivity contribution < 1.29 is 14.3 Å². The minimum Gasteiger partial charge on any atom is -0.486 e. The summed E-state index contributed by atoms with van der Waals surface area (Å²) in [5.41, 5.74) is 2.35. The molecule has 0 atom stereocenters. The summed E-state index contributed by atoms with van der Waals surface area (Å²) in [7, 11) is 0. The Balaban J connectivity index is 1.83. The number of amides is 1. The average molecular weight is 320 g/mol. The lowest BCUT2D eigenvalue weighted by Gasteiger charge is -2.18. The monoisotopic (exact) mass is 320 g/mol. The summed E-state index contributed by atoms with van der Waals surface area (Å²) in [4.78, 5) is 12.3. The van der Waals surface area contributed by atoms with Crippen LogP contribution >= 0.6 is 0 Å².